The summed E-state index contributed by atoms with van der Waals surface area (Å²) in [5.41, 5.74) is 1.38. The van der Waals surface area contributed by atoms with Gasteiger partial charge in [0.25, 0.3) is 5.56 Å². The number of fused-ring (bicyclic) bond motifs is 2. The van der Waals surface area contributed by atoms with Gasteiger partial charge in [0.2, 0.25) is 12.7 Å². The zero-order valence-electron chi connectivity index (χ0n) is 16.9. The van der Waals surface area contributed by atoms with Gasteiger partial charge in [-0.1, -0.05) is 36.9 Å². The monoisotopic (exact) mass is 425 g/mol. The van der Waals surface area contributed by atoms with Crippen molar-refractivity contribution in [1.82, 2.24) is 14.9 Å². The Morgan fingerprint density at radius 1 is 1.23 bits per heavy atom. The summed E-state index contributed by atoms with van der Waals surface area (Å²) in [4.78, 5) is 30.1. The van der Waals surface area contributed by atoms with Gasteiger partial charge in [-0.15, -0.1) is 0 Å². The average Bonchev–Trinajstić information content (AvgIpc) is 3.22. The molecule has 2 heterocycles. The molecular weight excluding hydrogens is 402 g/mol. The molecule has 2 aromatic carbocycles. The van der Waals surface area contributed by atoms with Crippen LogP contribution in [0.3, 0.4) is 0 Å². The molecule has 1 unspecified atom stereocenters. The first-order valence-electron chi connectivity index (χ1n) is 9.85. The van der Waals surface area contributed by atoms with Crippen molar-refractivity contribution >= 4 is 28.6 Å². The van der Waals surface area contributed by atoms with Crippen molar-refractivity contribution in [2.24, 2.45) is 0 Å². The van der Waals surface area contributed by atoms with Crippen LogP contribution in [0.5, 0.6) is 11.5 Å². The Labute approximate surface area is 178 Å². The normalized spacial score (nSPS) is 13.4. The lowest BCUT2D eigenvalue weighted by Gasteiger charge is -2.14. The third kappa shape index (κ3) is 4.28. The van der Waals surface area contributed by atoms with Crippen molar-refractivity contribution in [3.63, 3.8) is 0 Å². The Morgan fingerprint density at radius 2 is 2.03 bits per heavy atom. The van der Waals surface area contributed by atoms with Gasteiger partial charge in [-0.05, 0) is 43.2 Å². The molecule has 0 aliphatic carbocycles. The van der Waals surface area contributed by atoms with Crippen LogP contribution >= 0.6 is 11.8 Å². The Hall–Kier alpha value is -3.00. The molecular formula is C22H23N3O4S. The lowest BCUT2D eigenvalue weighted by Crippen LogP contribution is -2.33. The zero-order valence-corrected chi connectivity index (χ0v) is 17.7. The molecule has 3 aromatic rings. The van der Waals surface area contributed by atoms with Crippen LogP contribution in [0.25, 0.3) is 10.9 Å². The van der Waals surface area contributed by atoms with Gasteiger partial charge in [0.1, 0.15) is 0 Å². The zero-order chi connectivity index (χ0) is 21.1. The van der Waals surface area contributed by atoms with E-state index in [9.17, 15) is 9.59 Å². The van der Waals surface area contributed by atoms with Crippen molar-refractivity contribution in [2.45, 2.75) is 38.0 Å². The van der Waals surface area contributed by atoms with Crippen LogP contribution in [0.4, 0.5) is 0 Å². The van der Waals surface area contributed by atoms with E-state index >= 15 is 0 Å². The minimum atomic E-state index is -0.136. The number of thioether (sulfide) groups is 1. The fraction of sp³-hybridized carbons (Fsp3) is 0.318. The Balaban J connectivity index is 1.66. The van der Waals surface area contributed by atoms with E-state index in [0.29, 0.717) is 34.1 Å². The molecule has 8 heteroatoms. The molecule has 0 bridgehead atoms. The number of nitrogens with zero attached hydrogens (tertiary/aromatic N) is 2. The minimum Gasteiger partial charge on any atom is -0.454 e. The van der Waals surface area contributed by atoms with Crippen molar-refractivity contribution in [3.8, 4) is 11.5 Å². The standard InChI is InChI=1S/C22H23N3O4S/c1-3-14(2)23-20(26)12-30-22-24-17-7-5-4-6-16(17)21(27)25(22)11-15-8-9-18-19(10-15)29-13-28-18/h4-10,14H,3,11-13H2,1-2H3,(H,23,26). The second-order valence-electron chi connectivity index (χ2n) is 7.16. The lowest BCUT2D eigenvalue weighted by molar-refractivity contribution is -0.119. The number of hydrogen-bond donors (Lipinski definition) is 1. The minimum absolute atomic E-state index is 0.0774. The van der Waals surface area contributed by atoms with Crippen LogP contribution in [-0.4, -0.2) is 34.0 Å². The highest BCUT2D eigenvalue weighted by Gasteiger charge is 2.17. The van der Waals surface area contributed by atoms with Gasteiger partial charge in [-0.25, -0.2) is 4.98 Å². The number of aromatic nitrogens is 2. The molecule has 0 saturated carbocycles. The summed E-state index contributed by atoms with van der Waals surface area (Å²) < 4.78 is 12.4. The first kappa shape index (κ1) is 20.3. The van der Waals surface area contributed by atoms with Gasteiger partial charge in [0.15, 0.2) is 16.7 Å². The number of ether oxygens (including phenoxy) is 2. The van der Waals surface area contributed by atoms with E-state index in [1.54, 1.807) is 10.6 Å². The largest absolute Gasteiger partial charge is 0.454 e. The topological polar surface area (TPSA) is 82.5 Å². The van der Waals surface area contributed by atoms with Crippen LogP contribution < -0.4 is 20.3 Å². The van der Waals surface area contributed by atoms with Crippen molar-refractivity contribution < 1.29 is 14.3 Å². The summed E-state index contributed by atoms with van der Waals surface area (Å²) in [7, 11) is 0. The van der Waals surface area contributed by atoms with Gasteiger partial charge in [-0.2, -0.15) is 0 Å². The molecule has 1 atom stereocenters. The SMILES string of the molecule is CCC(C)NC(=O)CSc1nc2ccccc2c(=O)n1Cc1ccc2c(c1)OCO2. The van der Waals surface area contributed by atoms with Crippen LogP contribution in [0.15, 0.2) is 52.4 Å². The highest BCUT2D eigenvalue weighted by Crippen LogP contribution is 2.33. The predicted molar refractivity (Wildman–Crippen MR) is 116 cm³/mol. The number of amides is 1. The number of rotatable bonds is 7. The maximum atomic E-state index is 13.2. The Morgan fingerprint density at radius 3 is 2.87 bits per heavy atom. The molecule has 30 heavy (non-hydrogen) atoms. The second-order valence-corrected chi connectivity index (χ2v) is 8.10. The molecule has 1 amide bonds. The van der Waals surface area contributed by atoms with Gasteiger partial charge in [0.05, 0.1) is 23.2 Å². The quantitative estimate of drug-likeness (QED) is 0.462. The maximum absolute atomic E-state index is 13.2. The highest BCUT2D eigenvalue weighted by atomic mass is 32.2. The molecule has 0 fully saturated rings. The summed E-state index contributed by atoms with van der Waals surface area (Å²) in [6, 6.07) is 13.0. The van der Waals surface area contributed by atoms with Crippen molar-refractivity contribution in [3.05, 3.63) is 58.4 Å². The summed E-state index contributed by atoms with van der Waals surface area (Å²) in [6.45, 7) is 4.50. The smallest absolute Gasteiger partial charge is 0.262 e. The Kier molecular flexibility index (Phi) is 5.94. The maximum Gasteiger partial charge on any atom is 0.262 e. The van der Waals surface area contributed by atoms with Crippen LogP contribution in [-0.2, 0) is 11.3 Å². The number of hydrogen-bond acceptors (Lipinski definition) is 6. The average molecular weight is 426 g/mol. The number of benzene rings is 2. The van der Waals surface area contributed by atoms with E-state index in [1.165, 1.54) is 11.8 Å². The van der Waals surface area contributed by atoms with E-state index in [1.807, 2.05) is 50.2 Å². The molecule has 1 N–H and O–H groups in total. The van der Waals surface area contributed by atoms with Gasteiger partial charge in [0, 0.05) is 6.04 Å². The Bertz CT molecular complexity index is 1140. The van der Waals surface area contributed by atoms with E-state index < -0.39 is 0 Å². The highest BCUT2D eigenvalue weighted by molar-refractivity contribution is 7.99. The molecule has 4 rings (SSSR count). The molecule has 1 aromatic heterocycles. The van der Waals surface area contributed by atoms with Crippen LogP contribution in [0, 0.1) is 0 Å². The summed E-state index contributed by atoms with van der Waals surface area (Å²) in [5.74, 6) is 1.47. The summed E-state index contributed by atoms with van der Waals surface area (Å²) >= 11 is 1.27. The first-order valence-corrected chi connectivity index (χ1v) is 10.8. The molecule has 1 aliphatic rings. The number of para-hydroxylation sites is 1. The third-order valence-corrected chi connectivity index (χ3v) is 5.93. The predicted octanol–water partition coefficient (Wildman–Crippen LogP) is 3.18. The number of nitrogens with one attached hydrogen (secondary N) is 1. The fourth-order valence-corrected chi connectivity index (χ4v) is 3.98. The second kappa shape index (κ2) is 8.79. The fourth-order valence-electron chi connectivity index (χ4n) is 3.17. The van der Waals surface area contributed by atoms with Gasteiger partial charge >= 0.3 is 0 Å². The summed E-state index contributed by atoms with van der Waals surface area (Å²) in [5, 5.41) is 4.00. The first-order chi connectivity index (χ1) is 14.5. The number of carbonyl (C=O) groups excluding carboxylic acids is 1. The molecule has 156 valence electrons. The molecule has 0 radical (unpaired) electrons. The molecule has 0 spiro atoms. The van der Waals surface area contributed by atoms with Gasteiger partial charge in [-0.3, -0.25) is 14.2 Å². The van der Waals surface area contributed by atoms with Crippen molar-refractivity contribution in [1.29, 1.82) is 0 Å². The third-order valence-electron chi connectivity index (χ3n) is 4.96. The molecule has 7 nitrogen and oxygen atoms in total. The van der Waals surface area contributed by atoms with Crippen LogP contribution in [0.2, 0.25) is 0 Å². The lowest BCUT2D eigenvalue weighted by atomic mass is 10.2. The van der Waals surface area contributed by atoms with E-state index in [4.69, 9.17) is 9.47 Å². The summed E-state index contributed by atoms with van der Waals surface area (Å²) in [6.07, 6.45) is 0.861. The molecule has 1 aliphatic heterocycles. The van der Waals surface area contributed by atoms with E-state index in [-0.39, 0.29) is 30.1 Å². The van der Waals surface area contributed by atoms with Crippen LogP contribution in [0.1, 0.15) is 25.8 Å². The van der Waals surface area contributed by atoms with Gasteiger partial charge < -0.3 is 14.8 Å². The van der Waals surface area contributed by atoms with E-state index in [2.05, 4.69) is 10.3 Å². The van der Waals surface area contributed by atoms with E-state index in [0.717, 1.165) is 12.0 Å². The molecule has 0 saturated heterocycles. The van der Waals surface area contributed by atoms with Crippen molar-refractivity contribution in [2.75, 3.05) is 12.5 Å². The number of carbonyl (C=O) groups is 1.